The summed E-state index contributed by atoms with van der Waals surface area (Å²) in [5.74, 6) is -1.94. The number of carboxylic acid groups (broad SMARTS) is 1. The Hall–Kier alpha value is -1.10. The second kappa shape index (κ2) is 5.04. The summed E-state index contributed by atoms with van der Waals surface area (Å²) in [5.41, 5.74) is 0. The van der Waals surface area contributed by atoms with E-state index in [1.165, 1.54) is 7.11 Å². The van der Waals surface area contributed by atoms with Crippen LogP contribution in [0, 0.1) is 11.8 Å². The molecule has 96 valence electrons. The van der Waals surface area contributed by atoms with E-state index in [4.69, 9.17) is 4.74 Å². The molecule has 0 aromatic heterocycles. The highest BCUT2D eigenvalue weighted by Crippen LogP contribution is 2.40. The van der Waals surface area contributed by atoms with Crippen molar-refractivity contribution in [3.05, 3.63) is 0 Å². The van der Waals surface area contributed by atoms with Crippen LogP contribution in [0.3, 0.4) is 0 Å². The lowest BCUT2D eigenvalue weighted by molar-refractivity contribution is -0.154. The van der Waals surface area contributed by atoms with Crippen LogP contribution in [0.25, 0.3) is 0 Å². The standard InChI is InChI=1S/C12H18O5/c1-16-11(13)6-10(12(14)15)7-4-8-2-3-9(5-7)17-8/h7-10H,2-6H2,1H3,(H,14,15)/t7?,8-,9+,10?. The average molecular weight is 242 g/mol. The fourth-order valence-corrected chi connectivity index (χ4v) is 2.95. The molecule has 2 fully saturated rings. The normalized spacial score (nSPS) is 33.1. The average Bonchev–Trinajstić information content (AvgIpc) is 2.64. The lowest BCUT2D eigenvalue weighted by Gasteiger charge is -2.31. The first-order valence-electron chi connectivity index (χ1n) is 6.05. The largest absolute Gasteiger partial charge is 0.481 e. The number of methoxy groups -OCH3 is 1. The van der Waals surface area contributed by atoms with Gasteiger partial charge in [0.25, 0.3) is 0 Å². The smallest absolute Gasteiger partial charge is 0.307 e. The van der Waals surface area contributed by atoms with E-state index >= 15 is 0 Å². The maximum atomic E-state index is 11.2. The predicted molar refractivity (Wildman–Crippen MR) is 58.4 cm³/mol. The molecule has 2 unspecified atom stereocenters. The molecule has 2 rings (SSSR count). The van der Waals surface area contributed by atoms with Crippen LogP contribution in [-0.2, 0) is 19.1 Å². The Kier molecular flexibility index (Phi) is 3.66. The van der Waals surface area contributed by atoms with Crippen molar-refractivity contribution >= 4 is 11.9 Å². The van der Waals surface area contributed by atoms with Gasteiger partial charge in [-0.2, -0.15) is 0 Å². The maximum absolute atomic E-state index is 11.2. The zero-order valence-corrected chi connectivity index (χ0v) is 9.93. The van der Waals surface area contributed by atoms with Crippen LogP contribution < -0.4 is 0 Å². The first-order valence-corrected chi connectivity index (χ1v) is 6.05. The monoisotopic (exact) mass is 242 g/mol. The minimum atomic E-state index is -0.901. The molecule has 0 spiro atoms. The van der Waals surface area contributed by atoms with E-state index in [0.29, 0.717) is 0 Å². The zero-order chi connectivity index (χ0) is 12.4. The Morgan fingerprint density at radius 2 is 1.94 bits per heavy atom. The summed E-state index contributed by atoms with van der Waals surface area (Å²) in [6.07, 6.45) is 3.90. The second-order valence-corrected chi connectivity index (χ2v) is 4.91. The van der Waals surface area contributed by atoms with E-state index in [1.54, 1.807) is 0 Å². The van der Waals surface area contributed by atoms with Crippen LogP contribution in [0.2, 0.25) is 0 Å². The Labute approximate surface area is 100 Å². The van der Waals surface area contributed by atoms with Crippen molar-refractivity contribution in [2.45, 2.75) is 44.3 Å². The van der Waals surface area contributed by atoms with E-state index in [1.807, 2.05) is 0 Å². The minimum Gasteiger partial charge on any atom is -0.481 e. The number of ether oxygens (including phenoxy) is 2. The molecule has 0 aliphatic carbocycles. The van der Waals surface area contributed by atoms with Gasteiger partial charge < -0.3 is 14.6 Å². The van der Waals surface area contributed by atoms with Gasteiger partial charge in [-0.25, -0.2) is 0 Å². The lowest BCUT2D eigenvalue weighted by atomic mass is 9.81. The summed E-state index contributed by atoms with van der Waals surface area (Å²) < 4.78 is 10.2. The molecule has 2 bridgehead atoms. The molecule has 5 nitrogen and oxygen atoms in total. The predicted octanol–water partition coefficient (Wildman–Crippen LogP) is 1.21. The van der Waals surface area contributed by atoms with Crippen LogP contribution >= 0.6 is 0 Å². The summed E-state index contributed by atoms with van der Waals surface area (Å²) in [6.45, 7) is 0. The zero-order valence-electron chi connectivity index (χ0n) is 9.93. The van der Waals surface area contributed by atoms with Crippen molar-refractivity contribution in [3.8, 4) is 0 Å². The lowest BCUT2D eigenvalue weighted by Crippen LogP contribution is -2.34. The molecule has 2 saturated heterocycles. The highest BCUT2D eigenvalue weighted by Gasteiger charge is 2.41. The molecule has 17 heavy (non-hydrogen) atoms. The number of carboxylic acids is 1. The van der Waals surface area contributed by atoms with E-state index in [-0.39, 0.29) is 24.5 Å². The first kappa shape index (κ1) is 12.4. The molecular formula is C12H18O5. The van der Waals surface area contributed by atoms with Gasteiger partial charge in [-0.1, -0.05) is 0 Å². The Morgan fingerprint density at radius 1 is 1.35 bits per heavy atom. The van der Waals surface area contributed by atoms with Gasteiger partial charge in [0.1, 0.15) is 0 Å². The van der Waals surface area contributed by atoms with Gasteiger partial charge in [0, 0.05) is 0 Å². The van der Waals surface area contributed by atoms with E-state index < -0.39 is 17.9 Å². The fraction of sp³-hybridized carbons (Fsp3) is 0.833. The number of rotatable bonds is 4. The summed E-state index contributed by atoms with van der Waals surface area (Å²) in [7, 11) is 1.29. The van der Waals surface area contributed by atoms with Crippen molar-refractivity contribution in [3.63, 3.8) is 0 Å². The number of esters is 1. The first-order chi connectivity index (χ1) is 8.10. The van der Waals surface area contributed by atoms with E-state index in [9.17, 15) is 14.7 Å². The molecule has 0 aromatic carbocycles. The third kappa shape index (κ3) is 2.77. The molecule has 0 aromatic rings. The number of aliphatic carboxylic acids is 1. The molecule has 2 aliphatic heterocycles. The summed E-state index contributed by atoms with van der Waals surface area (Å²) in [5, 5.41) is 9.21. The van der Waals surface area contributed by atoms with Crippen LogP contribution in [0.4, 0.5) is 0 Å². The number of hydrogen-bond donors (Lipinski definition) is 1. The molecule has 5 heteroatoms. The molecule has 4 atom stereocenters. The number of carbonyl (C=O) groups is 2. The maximum Gasteiger partial charge on any atom is 0.307 e. The highest BCUT2D eigenvalue weighted by molar-refractivity contribution is 5.79. The number of hydrogen-bond acceptors (Lipinski definition) is 4. The third-order valence-corrected chi connectivity index (χ3v) is 3.83. The van der Waals surface area contributed by atoms with Gasteiger partial charge in [-0.3, -0.25) is 9.59 Å². The molecule has 0 amide bonds. The topological polar surface area (TPSA) is 72.8 Å². The summed E-state index contributed by atoms with van der Waals surface area (Å²) in [6, 6.07) is 0. The quantitative estimate of drug-likeness (QED) is 0.750. The SMILES string of the molecule is COC(=O)CC(C(=O)O)C1C[C@H]2CC[C@@H](C1)O2. The van der Waals surface area contributed by atoms with Crippen LogP contribution in [-0.4, -0.2) is 36.4 Å². The van der Waals surface area contributed by atoms with Crippen molar-refractivity contribution in [1.82, 2.24) is 0 Å². The van der Waals surface area contributed by atoms with Gasteiger partial charge in [0.2, 0.25) is 0 Å². The van der Waals surface area contributed by atoms with Gasteiger partial charge >= 0.3 is 11.9 Å². The minimum absolute atomic E-state index is 0.0318. The summed E-state index contributed by atoms with van der Waals surface area (Å²) in [4.78, 5) is 22.5. The van der Waals surface area contributed by atoms with Gasteiger partial charge in [-0.15, -0.1) is 0 Å². The number of fused-ring (bicyclic) bond motifs is 2. The van der Waals surface area contributed by atoms with Gasteiger partial charge in [0.05, 0.1) is 31.7 Å². The number of carbonyl (C=O) groups excluding carboxylic acids is 1. The highest BCUT2D eigenvalue weighted by atomic mass is 16.5. The Bertz CT molecular complexity index is 302. The van der Waals surface area contributed by atoms with Crippen molar-refractivity contribution in [1.29, 1.82) is 0 Å². The van der Waals surface area contributed by atoms with Crippen molar-refractivity contribution in [2.24, 2.45) is 11.8 Å². The van der Waals surface area contributed by atoms with Crippen LogP contribution in [0.5, 0.6) is 0 Å². The molecule has 2 heterocycles. The molecule has 1 N–H and O–H groups in total. The van der Waals surface area contributed by atoms with Gasteiger partial charge in [-0.05, 0) is 31.6 Å². The fourth-order valence-electron chi connectivity index (χ4n) is 2.95. The van der Waals surface area contributed by atoms with Crippen LogP contribution in [0.1, 0.15) is 32.1 Å². The molecule has 2 aliphatic rings. The summed E-state index contributed by atoms with van der Waals surface area (Å²) >= 11 is 0. The second-order valence-electron chi connectivity index (χ2n) is 4.91. The molecule has 0 radical (unpaired) electrons. The van der Waals surface area contributed by atoms with Crippen molar-refractivity contribution < 1.29 is 24.2 Å². The van der Waals surface area contributed by atoms with Gasteiger partial charge in [0.15, 0.2) is 0 Å². The van der Waals surface area contributed by atoms with Crippen LogP contribution in [0.15, 0.2) is 0 Å². The molecular weight excluding hydrogens is 224 g/mol. The van der Waals surface area contributed by atoms with E-state index in [0.717, 1.165) is 25.7 Å². The Morgan fingerprint density at radius 3 is 2.41 bits per heavy atom. The third-order valence-electron chi connectivity index (χ3n) is 3.83. The van der Waals surface area contributed by atoms with Crippen molar-refractivity contribution in [2.75, 3.05) is 7.11 Å². The molecule has 0 saturated carbocycles. The van der Waals surface area contributed by atoms with E-state index in [2.05, 4.69) is 4.74 Å². The Balaban J connectivity index is 2.01.